The number of nitrogens with one attached hydrogen (secondary N) is 2. The summed E-state index contributed by atoms with van der Waals surface area (Å²) in [4.78, 5) is 5.18. The van der Waals surface area contributed by atoms with Crippen molar-refractivity contribution in [2.75, 3.05) is 5.43 Å². The molecule has 2 aromatic heterocycles. The van der Waals surface area contributed by atoms with Gasteiger partial charge in [-0.25, -0.2) is 4.99 Å². The van der Waals surface area contributed by atoms with Gasteiger partial charge >= 0.3 is 0 Å². The van der Waals surface area contributed by atoms with Gasteiger partial charge < -0.3 is 4.57 Å². The lowest BCUT2D eigenvalue weighted by Gasteiger charge is -2.20. The molecule has 2 N–H and O–H groups in total. The maximum atomic E-state index is 9.65. The van der Waals surface area contributed by atoms with E-state index in [1.54, 1.807) is 0 Å². The zero-order valence-corrected chi connectivity index (χ0v) is 40.3. The third-order valence-corrected chi connectivity index (χ3v) is 15.6. The van der Waals surface area contributed by atoms with Crippen LogP contribution in [-0.4, -0.2) is 20.9 Å². The van der Waals surface area contributed by atoms with E-state index in [2.05, 4.69) is 227 Å². The summed E-state index contributed by atoms with van der Waals surface area (Å²) < 4.78 is 4.64. The molecular formula is C68H51N5. The molecular weight excluding hydrogens is 887 g/mol. The molecule has 0 saturated carbocycles. The second-order valence-electron chi connectivity index (χ2n) is 19.8. The number of allylic oxidation sites excluding steroid dienone is 3. The Balaban J connectivity index is 0.887. The van der Waals surface area contributed by atoms with Gasteiger partial charge in [0.15, 0.2) is 11.7 Å². The molecule has 0 spiro atoms. The number of amidine groups is 2. The zero-order valence-electron chi connectivity index (χ0n) is 40.3. The van der Waals surface area contributed by atoms with Crippen molar-refractivity contribution in [1.29, 1.82) is 5.41 Å². The van der Waals surface area contributed by atoms with Gasteiger partial charge in [0.2, 0.25) is 0 Å². The number of para-hydroxylation sites is 1. The Bertz CT molecular complexity index is 4210. The van der Waals surface area contributed by atoms with Crippen LogP contribution in [0.5, 0.6) is 0 Å². The standard InChI is InChI=1S/C68H51N5/c69-67(51-29-34-57-55-27-14-13-25-53(55)54-26-15-16-28-56(54)58(57)43-51)70-68(46-21-9-3-10-22-46)71-73-65-37-32-48(45-19-7-2-8-20-45)40-61(65)62-42-50(33-38-66(62)73)49-31-36-64-60(41-49)59-39-47(44-17-5-1-6-18-44)30-35-63(59)72(64)52-23-11-4-12-24-52/h1-7,9-18,21-40,42-43,45,49H,8,19-20,41H2,(H2,69,70,71). The Morgan fingerprint density at radius 2 is 1.11 bits per heavy atom. The first-order valence-corrected chi connectivity index (χ1v) is 25.6. The lowest BCUT2D eigenvalue weighted by molar-refractivity contribution is 0.618. The number of aromatic nitrogens is 2. The van der Waals surface area contributed by atoms with Crippen LogP contribution in [0.15, 0.2) is 236 Å². The van der Waals surface area contributed by atoms with Gasteiger partial charge in [0.1, 0.15) is 0 Å². The number of benzene rings is 10. The minimum absolute atomic E-state index is 0.170. The SMILES string of the molecule is N=C(N=C(Nn1c2ccc(C3C=Cc4c(c5cc(-c6ccccc6)ccc5n4-c4ccccc4)C3)cc2c2cc(C3CC=CCC3)ccc21)c1ccccc1)c1ccc2c3ccccc3c3ccccc3c2c1. The van der Waals surface area contributed by atoms with Gasteiger partial charge in [0.25, 0.3) is 0 Å². The summed E-state index contributed by atoms with van der Waals surface area (Å²) in [5.41, 5.74) is 17.7. The third-order valence-electron chi connectivity index (χ3n) is 15.6. The van der Waals surface area contributed by atoms with Crippen molar-refractivity contribution in [3.05, 3.63) is 264 Å². The fraction of sp³-hybridized carbons (Fsp3) is 0.0882. The highest BCUT2D eigenvalue weighted by atomic mass is 15.4. The van der Waals surface area contributed by atoms with E-state index in [-0.39, 0.29) is 11.8 Å². The van der Waals surface area contributed by atoms with Crippen molar-refractivity contribution >= 4 is 82.8 Å². The van der Waals surface area contributed by atoms with Crippen molar-refractivity contribution in [3.63, 3.8) is 0 Å². The first kappa shape index (κ1) is 42.8. The highest BCUT2D eigenvalue weighted by Gasteiger charge is 2.26. The quantitative estimate of drug-likeness (QED) is 0.0711. The maximum absolute atomic E-state index is 9.65. The topological polar surface area (TPSA) is 58.1 Å². The van der Waals surface area contributed by atoms with Crippen LogP contribution in [0.3, 0.4) is 0 Å². The minimum atomic E-state index is 0.170. The molecule has 10 aromatic carbocycles. The average Bonchev–Trinajstić information content (AvgIpc) is 3.96. The van der Waals surface area contributed by atoms with Crippen LogP contribution in [0.1, 0.15) is 64.6 Å². The smallest absolute Gasteiger partial charge is 0.154 e. The van der Waals surface area contributed by atoms with Crippen molar-refractivity contribution in [2.24, 2.45) is 4.99 Å². The van der Waals surface area contributed by atoms with Gasteiger partial charge in [-0.2, -0.15) is 0 Å². The van der Waals surface area contributed by atoms with Crippen LogP contribution in [0, 0.1) is 5.41 Å². The second-order valence-corrected chi connectivity index (χ2v) is 19.8. The number of aliphatic imine (C=N–C) groups is 1. The molecule has 0 aliphatic heterocycles. The zero-order chi connectivity index (χ0) is 48.4. The molecule has 0 fully saturated rings. The first-order chi connectivity index (χ1) is 36.1. The molecule has 73 heavy (non-hydrogen) atoms. The van der Waals surface area contributed by atoms with Gasteiger partial charge in [-0.1, -0.05) is 176 Å². The summed E-state index contributed by atoms with van der Waals surface area (Å²) in [7, 11) is 0. The fourth-order valence-corrected chi connectivity index (χ4v) is 12.0. The van der Waals surface area contributed by atoms with E-state index >= 15 is 0 Å². The van der Waals surface area contributed by atoms with Crippen molar-refractivity contribution in [3.8, 4) is 16.8 Å². The molecule has 348 valence electrons. The maximum Gasteiger partial charge on any atom is 0.154 e. The molecule has 2 heterocycles. The van der Waals surface area contributed by atoms with Crippen LogP contribution >= 0.6 is 0 Å². The summed E-state index contributed by atoms with van der Waals surface area (Å²) in [6, 6.07) is 76.4. The van der Waals surface area contributed by atoms with E-state index in [1.807, 2.05) is 24.3 Å². The third kappa shape index (κ3) is 7.38. The number of hydrogen-bond acceptors (Lipinski definition) is 1. The molecule has 0 radical (unpaired) electrons. The van der Waals surface area contributed by atoms with Gasteiger partial charge in [0, 0.05) is 44.6 Å². The summed E-state index contributed by atoms with van der Waals surface area (Å²) in [5.74, 6) is 1.44. The first-order valence-electron chi connectivity index (χ1n) is 25.6. The molecule has 2 aliphatic rings. The van der Waals surface area contributed by atoms with E-state index in [4.69, 9.17) is 4.99 Å². The molecule has 14 rings (SSSR count). The summed E-state index contributed by atoms with van der Waals surface area (Å²) in [6.45, 7) is 0. The van der Waals surface area contributed by atoms with Gasteiger partial charge in [-0.05, 0) is 152 Å². The van der Waals surface area contributed by atoms with Crippen LogP contribution in [0.25, 0.3) is 87.9 Å². The number of nitrogens with zero attached hydrogens (tertiary/aromatic N) is 3. The normalized spacial score (nSPS) is 15.8. The lowest BCUT2D eigenvalue weighted by Crippen LogP contribution is -2.25. The van der Waals surface area contributed by atoms with Crippen molar-refractivity contribution < 1.29 is 0 Å². The van der Waals surface area contributed by atoms with Crippen LogP contribution in [0.4, 0.5) is 0 Å². The van der Waals surface area contributed by atoms with E-state index in [0.717, 1.165) is 53.2 Å². The van der Waals surface area contributed by atoms with E-state index in [9.17, 15) is 5.41 Å². The van der Waals surface area contributed by atoms with Gasteiger partial charge in [0.05, 0.1) is 16.6 Å². The second kappa shape index (κ2) is 17.7. The van der Waals surface area contributed by atoms with Gasteiger partial charge in [-0.15, -0.1) is 0 Å². The molecule has 5 heteroatoms. The molecule has 0 saturated heterocycles. The molecule has 0 amide bonds. The van der Waals surface area contributed by atoms with E-state index in [0.29, 0.717) is 11.8 Å². The summed E-state index contributed by atoms with van der Waals surface area (Å²) in [5, 5.41) is 20.5. The Morgan fingerprint density at radius 1 is 0.493 bits per heavy atom. The van der Waals surface area contributed by atoms with Crippen LogP contribution < -0.4 is 5.43 Å². The molecule has 0 bridgehead atoms. The Morgan fingerprint density at radius 3 is 1.81 bits per heavy atom. The minimum Gasteiger partial charge on any atom is -0.310 e. The van der Waals surface area contributed by atoms with Crippen LogP contribution in [-0.2, 0) is 6.42 Å². The van der Waals surface area contributed by atoms with E-state index in [1.165, 1.54) is 87.8 Å². The predicted molar refractivity (Wildman–Crippen MR) is 307 cm³/mol. The Labute approximate surface area is 424 Å². The molecule has 2 aliphatic carbocycles. The fourth-order valence-electron chi connectivity index (χ4n) is 12.0. The average molecular weight is 938 g/mol. The van der Waals surface area contributed by atoms with Gasteiger partial charge in [-0.3, -0.25) is 15.5 Å². The largest absolute Gasteiger partial charge is 0.310 e. The highest BCUT2D eigenvalue weighted by molar-refractivity contribution is 6.26. The van der Waals surface area contributed by atoms with Crippen LogP contribution in [0.2, 0.25) is 0 Å². The Hall–Kier alpha value is -9.06. The summed E-state index contributed by atoms with van der Waals surface area (Å²) in [6.07, 6.45) is 13.6. The lowest BCUT2D eigenvalue weighted by atomic mass is 9.85. The highest BCUT2D eigenvalue weighted by Crippen LogP contribution is 2.42. The predicted octanol–water partition coefficient (Wildman–Crippen LogP) is 17.1. The molecule has 2 atom stereocenters. The summed E-state index contributed by atoms with van der Waals surface area (Å²) >= 11 is 0. The van der Waals surface area contributed by atoms with E-state index < -0.39 is 0 Å². The molecule has 5 nitrogen and oxygen atoms in total. The molecule has 12 aromatic rings. The Kier molecular flexibility index (Phi) is 10.4. The van der Waals surface area contributed by atoms with Crippen molar-refractivity contribution in [1.82, 2.24) is 9.24 Å². The van der Waals surface area contributed by atoms with Crippen molar-refractivity contribution in [2.45, 2.75) is 37.5 Å². The molecule has 2 unspecified atom stereocenters. The monoisotopic (exact) mass is 937 g/mol. The number of rotatable bonds is 7. The number of hydrogen-bond donors (Lipinski definition) is 2. The number of fused-ring (bicyclic) bond motifs is 12.